The largest absolute Gasteiger partial charge is 0.482 e. The number of halogens is 1. The first-order valence-electron chi connectivity index (χ1n) is 11.0. The van der Waals surface area contributed by atoms with Gasteiger partial charge >= 0.3 is 0 Å². The van der Waals surface area contributed by atoms with Crippen LogP contribution in [0.2, 0.25) is 0 Å². The van der Waals surface area contributed by atoms with Crippen LogP contribution in [0.25, 0.3) is 0 Å². The van der Waals surface area contributed by atoms with Gasteiger partial charge in [-0.1, -0.05) is 6.07 Å². The van der Waals surface area contributed by atoms with E-state index in [9.17, 15) is 18.8 Å². The summed E-state index contributed by atoms with van der Waals surface area (Å²) >= 11 is 0. The summed E-state index contributed by atoms with van der Waals surface area (Å²) < 4.78 is 30.2. The maximum absolute atomic E-state index is 13.9. The molecule has 0 bridgehead atoms. The Morgan fingerprint density at radius 2 is 2.03 bits per heavy atom. The second-order valence-corrected chi connectivity index (χ2v) is 8.35. The second-order valence-electron chi connectivity index (χ2n) is 8.35. The zero-order chi connectivity index (χ0) is 25.1. The van der Waals surface area contributed by atoms with Crippen LogP contribution in [0.5, 0.6) is 11.5 Å². The molecule has 0 atom stereocenters. The van der Waals surface area contributed by atoms with Crippen molar-refractivity contribution in [3.63, 3.8) is 0 Å². The van der Waals surface area contributed by atoms with Gasteiger partial charge in [0.15, 0.2) is 36.3 Å². The number of rotatable bonds is 8. The number of Topliss-reactive ketones (excluding diaryl/α,β-unsaturated/α-hetero) is 1. The van der Waals surface area contributed by atoms with Crippen molar-refractivity contribution >= 4 is 23.3 Å². The van der Waals surface area contributed by atoms with E-state index in [1.165, 1.54) is 29.4 Å². The SMILES string of the molecule is Cc1ccc(F)c(OCC(=O)c2ccc3c(c2)N(Cc2nc(C(=O)NC(C)C)co2)C(=O)CO3)c1. The van der Waals surface area contributed by atoms with Gasteiger partial charge in [-0.05, 0) is 56.7 Å². The number of ketones is 1. The third-order valence-electron chi connectivity index (χ3n) is 5.17. The van der Waals surface area contributed by atoms with Crippen LogP contribution in [0.3, 0.4) is 0 Å². The molecule has 2 amide bonds. The third kappa shape index (κ3) is 5.48. The molecule has 1 N–H and O–H groups in total. The van der Waals surface area contributed by atoms with Gasteiger partial charge in [0.05, 0.1) is 5.69 Å². The number of hydrogen-bond acceptors (Lipinski definition) is 7. The summed E-state index contributed by atoms with van der Waals surface area (Å²) in [5.41, 5.74) is 1.49. The summed E-state index contributed by atoms with van der Waals surface area (Å²) in [6.07, 6.45) is 1.22. The Morgan fingerprint density at radius 1 is 1.23 bits per heavy atom. The smallest absolute Gasteiger partial charge is 0.273 e. The minimum absolute atomic E-state index is 0.0161. The molecule has 1 aromatic heterocycles. The van der Waals surface area contributed by atoms with Crippen molar-refractivity contribution in [2.45, 2.75) is 33.4 Å². The fourth-order valence-electron chi connectivity index (χ4n) is 3.46. The summed E-state index contributed by atoms with van der Waals surface area (Å²) in [4.78, 5) is 43.0. The molecule has 0 unspecified atom stereocenters. The molecule has 0 saturated heterocycles. The zero-order valence-corrected chi connectivity index (χ0v) is 19.5. The van der Waals surface area contributed by atoms with Gasteiger partial charge in [-0.25, -0.2) is 9.37 Å². The molecule has 0 aliphatic carbocycles. The summed E-state index contributed by atoms with van der Waals surface area (Å²) in [6.45, 7) is 4.79. The Kier molecular flexibility index (Phi) is 6.81. The van der Waals surface area contributed by atoms with Crippen LogP contribution in [-0.2, 0) is 11.3 Å². The van der Waals surface area contributed by atoms with Crippen molar-refractivity contribution < 1.29 is 32.7 Å². The first-order chi connectivity index (χ1) is 16.7. The third-order valence-corrected chi connectivity index (χ3v) is 5.17. The maximum Gasteiger partial charge on any atom is 0.273 e. The van der Waals surface area contributed by atoms with Crippen molar-refractivity contribution in [2.24, 2.45) is 0 Å². The highest BCUT2D eigenvalue weighted by Gasteiger charge is 2.28. The predicted octanol–water partition coefficient (Wildman–Crippen LogP) is 3.45. The number of anilines is 1. The van der Waals surface area contributed by atoms with Crippen LogP contribution in [0.1, 0.15) is 46.1 Å². The van der Waals surface area contributed by atoms with E-state index in [0.29, 0.717) is 11.4 Å². The minimum Gasteiger partial charge on any atom is -0.482 e. The Labute approximate surface area is 200 Å². The lowest BCUT2D eigenvalue weighted by Crippen LogP contribution is -2.38. The van der Waals surface area contributed by atoms with Crippen LogP contribution >= 0.6 is 0 Å². The standard InChI is InChI=1S/C25H24FN3O6/c1-14(2)27-25(32)18-11-35-23(28-18)10-29-19-9-16(5-7-21(19)34-13-24(29)31)20(30)12-33-22-8-15(3)4-6-17(22)26/h4-9,11,14H,10,12-13H2,1-3H3,(H,27,32). The molecule has 0 saturated carbocycles. The van der Waals surface area contributed by atoms with Gasteiger partial charge in [0, 0.05) is 11.6 Å². The Morgan fingerprint density at radius 3 is 2.80 bits per heavy atom. The molecule has 9 nitrogen and oxygen atoms in total. The molecule has 2 heterocycles. The highest BCUT2D eigenvalue weighted by atomic mass is 19.1. The van der Waals surface area contributed by atoms with E-state index >= 15 is 0 Å². The number of aryl methyl sites for hydroxylation is 1. The van der Waals surface area contributed by atoms with E-state index in [2.05, 4.69) is 10.3 Å². The molecule has 4 rings (SSSR count). The first kappa shape index (κ1) is 23.9. The van der Waals surface area contributed by atoms with E-state index in [-0.39, 0.29) is 60.5 Å². The number of carbonyl (C=O) groups is 3. The van der Waals surface area contributed by atoms with Gasteiger partial charge in [0.2, 0.25) is 5.89 Å². The number of aromatic nitrogens is 1. The molecule has 2 aromatic carbocycles. The number of oxazole rings is 1. The van der Waals surface area contributed by atoms with Crippen LogP contribution < -0.4 is 19.7 Å². The molecular formula is C25H24FN3O6. The van der Waals surface area contributed by atoms with Gasteiger partial charge < -0.3 is 19.2 Å². The molecule has 35 heavy (non-hydrogen) atoms. The molecule has 10 heteroatoms. The molecule has 0 radical (unpaired) electrons. The number of hydrogen-bond donors (Lipinski definition) is 1. The van der Waals surface area contributed by atoms with Gasteiger partial charge in [0.1, 0.15) is 18.6 Å². The van der Waals surface area contributed by atoms with E-state index in [1.54, 1.807) is 25.1 Å². The van der Waals surface area contributed by atoms with E-state index < -0.39 is 11.6 Å². The quantitative estimate of drug-likeness (QED) is 0.491. The van der Waals surface area contributed by atoms with Crippen LogP contribution in [-0.4, -0.2) is 41.8 Å². The molecule has 1 aliphatic heterocycles. The molecule has 182 valence electrons. The fourth-order valence-corrected chi connectivity index (χ4v) is 3.46. The van der Waals surface area contributed by atoms with Gasteiger partial charge in [-0.3, -0.25) is 19.3 Å². The number of carbonyl (C=O) groups excluding carboxylic acids is 3. The zero-order valence-electron chi connectivity index (χ0n) is 19.5. The van der Waals surface area contributed by atoms with Crippen LogP contribution in [0.15, 0.2) is 47.1 Å². The second kappa shape index (κ2) is 9.96. The summed E-state index contributed by atoms with van der Waals surface area (Å²) in [5.74, 6) is -1.20. The summed E-state index contributed by atoms with van der Waals surface area (Å²) in [7, 11) is 0. The molecule has 0 fully saturated rings. The van der Waals surface area contributed by atoms with Crippen molar-refractivity contribution in [2.75, 3.05) is 18.1 Å². The number of benzene rings is 2. The fraction of sp³-hybridized carbons (Fsp3) is 0.280. The number of ether oxygens (including phenoxy) is 2. The lowest BCUT2D eigenvalue weighted by atomic mass is 10.1. The summed E-state index contributed by atoms with van der Waals surface area (Å²) in [6, 6.07) is 8.94. The number of nitrogens with one attached hydrogen (secondary N) is 1. The van der Waals surface area contributed by atoms with Crippen LogP contribution in [0, 0.1) is 12.7 Å². The minimum atomic E-state index is -0.564. The Bertz CT molecular complexity index is 1290. The Hall–Kier alpha value is -4.21. The number of fused-ring (bicyclic) bond motifs is 1. The van der Waals surface area contributed by atoms with Gasteiger partial charge in [-0.15, -0.1) is 0 Å². The van der Waals surface area contributed by atoms with E-state index in [0.717, 1.165) is 5.56 Å². The molecule has 0 spiro atoms. The predicted molar refractivity (Wildman–Crippen MR) is 123 cm³/mol. The molecule has 1 aliphatic rings. The average Bonchev–Trinajstić information content (AvgIpc) is 3.29. The number of nitrogens with zero attached hydrogens (tertiary/aromatic N) is 2. The van der Waals surface area contributed by atoms with Crippen molar-refractivity contribution in [3.05, 3.63) is 71.2 Å². The summed E-state index contributed by atoms with van der Waals surface area (Å²) in [5, 5.41) is 2.72. The first-order valence-corrected chi connectivity index (χ1v) is 11.0. The highest BCUT2D eigenvalue weighted by Crippen LogP contribution is 2.34. The van der Waals surface area contributed by atoms with Gasteiger partial charge in [0.25, 0.3) is 11.8 Å². The van der Waals surface area contributed by atoms with Crippen molar-refractivity contribution in [1.29, 1.82) is 0 Å². The molecule has 3 aromatic rings. The van der Waals surface area contributed by atoms with E-state index in [4.69, 9.17) is 13.9 Å². The maximum atomic E-state index is 13.9. The van der Waals surface area contributed by atoms with Crippen molar-refractivity contribution in [1.82, 2.24) is 10.3 Å². The average molecular weight is 481 g/mol. The highest BCUT2D eigenvalue weighted by molar-refractivity contribution is 6.02. The Balaban J connectivity index is 1.51. The topological polar surface area (TPSA) is 111 Å². The number of amides is 2. The van der Waals surface area contributed by atoms with Crippen molar-refractivity contribution in [3.8, 4) is 11.5 Å². The monoisotopic (exact) mass is 481 g/mol. The van der Waals surface area contributed by atoms with E-state index in [1.807, 2.05) is 13.8 Å². The van der Waals surface area contributed by atoms with Crippen LogP contribution in [0.4, 0.5) is 10.1 Å². The normalized spacial score (nSPS) is 12.8. The molecular weight excluding hydrogens is 457 g/mol. The lowest BCUT2D eigenvalue weighted by Gasteiger charge is -2.28. The lowest BCUT2D eigenvalue weighted by molar-refractivity contribution is -0.121. The van der Waals surface area contributed by atoms with Gasteiger partial charge in [-0.2, -0.15) is 0 Å².